The summed E-state index contributed by atoms with van der Waals surface area (Å²) in [5, 5.41) is 2.18. The minimum atomic E-state index is -0.0176. The SMILES string of the molecule is CC(C)c1cccc(N(c2cc3c4c(c2)Oc2cc(-c5ccccc5)ccc2B4C2=C(CC(C4=CCCC=C4)C=C2)O3)c2cccc3c2oc2ccccc23)c1. The van der Waals surface area contributed by atoms with Gasteiger partial charge in [-0.05, 0) is 82.3 Å². The normalized spacial score (nSPS) is 16.7. The van der Waals surface area contributed by atoms with E-state index in [0.717, 1.165) is 103 Å². The molecule has 0 saturated carbocycles. The predicted molar refractivity (Wildman–Crippen MR) is 231 cm³/mol. The highest BCUT2D eigenvalue weighted by Gasteiger charge is 2.43. The molecule has 4 aliphatic rings. The van der Waals surface area contributed by atoms with Gasteiger partial charge < -0.3 is 18.8 Å². The summed E-state index contributed by atoms with van der Waals surface area (Å²) in [6, 6.07) is 45.3. The molecule has 0 amide bonds. The van der Waals surface area contributed by atoms with Crippen molar-refractivity contribution in [1.82, 2.24) is 0 Å². The molecule has 0 fully saturated rings. The lowest BCUT2D eigenvalue weighted by Crippen LogP contribution is -2.51. The first kappa shape index (κ1) is 32.9. The summed E-state index contributed by atoms with van der Waals surface area (Å²) in [6.45, 7) is 4.47. The molecule has 0 radical (unpaired) electrons. The van der Waals surface area contributed by atoms with Gasteiger partial charge in [-0.15, -0.1) is 0 Å². The van der Waals surface area contributed by atoms with Crippen LogP contribution in [0.2, 0.25) is 0 Å². The van der Waals surface area contributed by atoms with Gasteiger partial charge in [-0.1, -0.05) is 129 Å². The molecule has 6 aromatic carbocycles. The van der Waals surface area contributed by atoms with Crippen LogP contribution in [-0.4, -0.2) is 6.71 Å². The summed E-state index contributed by atoms with van der Waals surface area (Å²) in [4.78, 5) is 2.32. The Morgan fingerprint density at radius 1 is 0.679 bits per heavy atom. The summed E-state index contributed by atoms with van der Waals surface area (Å²) >= 11 is 0. The largest absolute Gasteiger partial charge is 0.463 e. The van der Waals surface area contributed by atoms with E-state index in [-0.39, 0.29) is 12.6 Å². The predicted octanol–water partition coefficient (Wildman–Crippen LogP) is 12.6. The number of rotatable bonds is 6. The molecule has 11 rings (SSSR count). The number of nitrogens with zero attached hydrogens (tertiary/aromatic N) is 1. The van der Waals surface area contributed by atoms with Crippen LogP contribution in [0, 0.1) is 5.92 Å². The van der Waals surface area contributed by atoms with E-state index in [0.29, 0.717) is 5.92 Å². The molecule has 1 unspecified atom stereocenters. The first-order valence-corrected chi connectivity index (χ1v) is 19.9. The molecule has 0 bridgehead atoms. The lowest BCUT2D eigenvalue weighted by atomic mass is 9.33. The molecule has 5 heteroatoms. The Hall–Kier alpha value is -6.46. The van der Waals surface area contributed by atoms with Gasteiger partial charge in [0.2, 0.25) is 0 Å². The van der Waals surface area contributed by atoms with E-state index < -0.39 is 0 Å². The van der Waals surface area contributed by atoms with Gasteiger partial charge in [0, 0.05) is 46.4 Å². The van der Waals surface area contributed by atoms with Gasteiger partial charge >= 0.3 is 0 Å². The van der Waals surface area contributed by atoms with Crippen LogP contribution >= 0.6 is 0 Å². The Kier molecular flexibility index (Phi) is 7.70. The lowest BCUT2D eigenvalue weighted by molar-refractivity contribution is 0.383. The smallest absolute Gasteiger partial charge is 0.260 e. The van der Waals surface area contributed by atoms with Crippen molar-refractivity contribution >= 4 is 56.6 Å². The number of benzene rings is 6. The van der Waals surface area contributed by atoms with E-state index in [9.17, 15) is 0 Å². The molecule has 1 atom stereocenters. The van der Waals surface area contributed by atoms with E-state index in [1.165, 1.54) is 16.6 Å². The number of fused-ring (bicyclic) bond motifs is 6. The molecular weight excluding hydrogens is 685 g/mol. The maximum atomic E-state index is 7.12. The zero-order valence-corrected chi connectivity index (χ0v) is 31.5. The quantitative estimate of drug-likeness (QED) is 0.160. The minimum Gasteiger partial charge on any atom is -0.463 e. The first-order chi connectivity index (χ1) is 27.6. The lowest BCUT2D eigenvalue weighted by Gasteiger charge is -2.37. The average molecular weight is 726 g/mol. The highest BCUT2D eigenvalue weighted by molar-refractivity contribution is 6.93. The highest BCUT2D eigenvalue weighted by Crippen LogP contribution is 2.47. The third kappa shape index (κ3) is 5.37. The summed E-state index contributed by atoms with van der Waals surface area (Å²) in [5.74, 6) is 4.19. The van der Waals surface area contributed by atoms with E-state index in [4.69, 9.17) is 13.9 Å². The van der Waals surface area contributed by atoms with Crippen LogP contribution in [0.5, 0.6) is 17.2 Å². The molecule has 1 aromatic heterocycles. The van der Waals surface area contributed by atoms with Gasteiger partial charge in [-0.3, -0.25) is 0 Å². The van der Waals surface area contributed by atoms with E-state index in [1.54, 1.807) is 0 Å². The molecule has 0 N–H and O–H groups in total. The van der Waals surface area contributed by atoms with E-state index in [2.05, 4.69) is 164 Å². The average Bonchev–Trinajstić information content (AvgIpc) is 3.63. The molecule has 7 aromatic rings. The number of furan rings is 1. The number of anilines is 3. The molecule has 0 saturated heterocycles. The van der Waals surface area contributed by atoms with Crippen LogP contribution in [0.1, 0.15) is 44.6 Å². The Morgan fingerprint density at radius 3 is 2.36 bits per heavy atom. The van der Waals surface area contributed by atoms with Crippen LogP contribution < -0.4 is 25.3 Å². The highest BCUT2D eigenvalue weighted by atomic mass is 16.5. The second kappa shape index (κ2) is 13.1. The van der Waals surface area contributed by atoms with E-state index in [1.807, 2.05) is 12.1 Å². The molecule has 56 heavy (non-hydrogen) atoms. The molecule has 2 aliphatic heterocycles. The van der Waals surface area contributed by atoms with Gasteiger partial charge in [-0.25, -0.2) is 0 Å². The molecule has 4 nitrogen and oxygen atoms in total. The third-order valence-electron chi connectivity index (χ3n) is 11.9. The van der Waals surface area contributed by atoms with Crippen LogP contribution in [-0.2, 0) is 0 Å². The van der Waals surface area contributed by atoms with Gasteiger partial charge in [0.1, 0.15) is 28.6 Å². The molecule has 270 valence electrons. The number of hydrogen-bond donors (Lipinski definition) is 0. The van der Waals surface area contributed by atoms with E-state index >= 15 is 0 Å². The van der Waals surface area contributed by atoms with Crippen LogP contribution in [0.3, 0.4) is 0 Å². The van der Waals surface area contributed by atoms with Crippen molar-refractivity contribution in [2.45, 2.75) is 39.0 Å². The van der Waals surface area contributed by atoms with Crippen molar-refractivity contribution in [3.05, 3.63) is 180 Å². The topological polar surface area (TPSA) is 34.8 Å². The standard InChI is InChI=1S/C51H40BNO3/c1-32(2)35-17-11-18-38(27-35)53(44-21-12-20-41-40-19-9-10-22-45(40)56-51(41)44)39-30-48-50-49(31-39)55-47-29-37(34-15-7-4-8-16-34)24-26-43(47)52(50)42-25-23-36(28-46(42)54-48)33-13-5-3-6-14-33/h3,5-7,9-28,30-32,37H,4,8,29H2,1-2H3. The fourth-order valence-electron chi connectivity index (χ4n) is 9.12. The fourth-order valence-corrected chi connectivity index (χ4v) is 9.12. The van der Waals surface area contributed by atoms with Crippen molar-refractivity contribution in [3.63, 3.8) is 0 Å². The van der Waals surface area contributed by atoms with Crippen LogP contribution in [0.4, 0.5) is 17.1 Å². The van der Waals surface area contributed by atoms with Crippen molar-refractivity contribution < 1.29 is 13.9 Å². The number of ether oxygens (including phenoxy) is 2. The summed E-state index contributed by atoms with van der Waals surface area (Å²) in [5.41, 5.74) is 13.0. The molecule has 2 aliphatic carbocycles. The second-order valence-corrected chi connectivity index (χ2v) is 15.7. The van der Waals surface area contributed by atoms with Gasteiger partial charge in [-0.2, -0.15) is 0 Å². The third-order valence-corrected chi connectivity index (χ3v) is 11.9. The maximum Gasteiger partial charge on any atom is 0.260 e. The Balaban J connectivity index is 1.12. The fraction of sp³-hybridized carbons (Fsp3) is 0.137. The zero-order chi connectivity index (χ0) is 37.3. The zero-order valence-electron chi connectivity index (χ0n) is 31.5. The molecule has 3 heterocycles. The number of para-hydroxylation sites is 2. The van der Waals surface area contributed by atoms with Gasteiger partial charge in [0.05, 0.1) is 11.4 Å². The summed E-state index contributed by atoms with van der Waals surface area (Å²) in [7, 11) is 0. The Bertz CT molecular complexity index is 2840. The van der Waals surface area contributed by atoms with Gasteiger partial charge in [0.25, 0.3) is 6.71 Å². The monoisotopic (exact) mass is 725 g/mol. The van der Waals surface area contributed by atoms with Crippen molar-refractivity contribution in [2.24, 2.45) is 5.92 Å². The van der Waals surface area contributed by atoms with Crippen molar-refractivity contribution in [1.29, 1.82) is 0 Å². The molecule has 0 spiro atoms. The Labute approximate surface area is 327 Å². The molecular formula is C51H40BNO3. The van der Waals surface area contributed by atoms with Crippen LogP contribution in [0.15, 0.2) is 179 Å². The summed E-state index contributed by atoms with van der Waals surface area (Å²) < 4.78 is 20.9. The second-order valence-electron chi connectivity index (χ2n) is 15.7. The number of hydrogen-bond acceptors (Lipinski definition) is 4. The maximum absolute atomic E-state index is 7.12. The summed E-state index contributed by atoms with van der Waals surface area (Å²) in [6.07, 6.45) is 14.7. The minimum absolute atomic E-state index is 0.0176. The van der Waals surface area contributed by atoms with Crippen molar-refractivity contribution in [2.75, 3.05) is 4.90 Å². The first-order valence-electron chi connectivity index (χ1n) is 19.9. The van der Waals surface area contributed by atoms with Crippen LogP contribution in [0.25, 0.3) is 33.1 Å². The Morgan fingerprint density at radius 2 is 1.50 bits per heavy atom. The van der Waals surface area contributed by atoms with Gasteiger partial charge in [0.15, 0.2) is 5.58 Å². The van der Waals surface area contributed by atoms with Crippen molar-refractivity contribution in [3.8, 4) is 28.4 Å². The number of allylic oxidation sites excluding steroid dienone is 8.